The number of rotatable bonds is 14. The van der Waals surface area contributed by atoms with Gasteiger partial charge >= 0.3 is 6.03 Å². The van der Waals surface area contributed by atoms with Gasteiger partial charge in [0.25, 0.3) is 6.47 Å². The van der Waals surface area contributed by atoms with Crippen LogP contribution in [0.15, 0.2) is 48.5 Å². The van der Waals surface area contributed by atoms with Crippen LogP contribution in [0.4, 0.5) is 16.3 Å². The molecule has 0 aliphatic carbocycles. The van der Waals surface area contributed by atoms with E-state index in [1.54, 1.807) is 35.6 Å². The fraction of sp³-hybridized carbons (Fsp3) is 0.394. The highest BCUT2D eigenvalue weighted by molar-refractivity contribution is 7.19. The second-order valence-electron chi connectivity index (χ2n) is 10.3. The fourth-order valence-electron chi connectivity index (χ4n) is 4.22. The number of carbonyl (C=O) groups excluding carboxylic acids is 4. The fourth-order valence-corrected chi connectivity index (χ4v) is 5.42. The normalized spacial score (nSPS) is 10.8. The van der Waals surface area contributed by atoms with Gasteiger partial charge in [-0.15, -0.1) is 11.3 Å². The number of aryl methyl sites for hydroxylation is 1. The van der Waals surface area contributed by atoms with Crippen LogP contribution >= 0.6 is 11.3 Å². The maximum absolute atomic E-state index is 12.4. The lowest BCUT2D eigenvalue weighted by atomic mass is 10.1. The number of anilines is 2. The molecule has 1 unspecified atom stereocenters. The van der Waals surface area contributed by atoms with Crippen molar-refractivity contribution in [1.82, 2.24) is 20.6 Å². The number of aromatic nitrogens is 2. The number of nitrogens with one attached hydrogen (secondary N) is 4. The van der Waals surface area contributed by atoms with E-state index in [-0.39, 0.29) is 19.7 Å². The van der Waals surface area contributed by atoms with Crippen LogP contribution in [0.25, 0.3) is 21.1 Å². The SMILES string of the molecule is CCC.CCCc1nc2c(NC)nc3ccccc3c2s1.NCC(=O)NC(CCCNC(N)=O)C(=O)Nc1ccc(COC=O)cc1. The molecule has 0 aliphatic rings. The van der Waals surface area contributed by atoms with Crippen molar-refractivity contribution in [1.29, 1.82) is 0 Å². The summed E-state index contributed by atoms with van der Waals surface area (Å²) in [5.41, 5.74) is 13.6. The van der Waals surface area contributed by atoms with Crippen LogP contribution in [0.3, 0.4) is 0 Å². The molecule has 14 heteroatoms. The molecule has 0 saturated carbocycles. The molecule has 0 aliphatic heterocycles. The lowest BCUT2D eigenvalue weighted by molar-refractivity contribution is -0.129. The van der Waals surface area contributed by atoms with Gasteiger partial charge in [0.2, 0.25) is 11.8 Å². The first-order valence-electron chi connectivity index (χ1n) is 15.5. The topological polar surface area (TPSA) is 203 Å². The Morgan fingerprint density at radius 1 is 1.04 bits per heavy atom. The van der Waals surface area contributed by atoms with Crippen molar-refractivity contribution in [3.05, 3.63) is 59.1 Å². The minimum absolute atomic E-state index is 0.139. The molecule has 1 atom stereocenters. The number of pyridine rings is 1. The molecular formula is C33H46N8O5S. The Morgan fingerprint density at radius 3 is 2.36 bits per heavy atom. The van der Waals surface area contributed by atoms with Crippen LogP contribution in [-0.2, 0) is 32.1 Å². The predicted octanol–water partition coefficient (Wildman–Crippen LogP) is 4.45. The summed E-state index contributed by atoms with van der Waals surface area (Å²) < 4.78 is 5.88. The highest BCUT2D eigenvalue weighted by Gasteiger charge is 2.20. The monoisotopic (exact) mass is 666 g/mol. The molecule has 0 spiro atoms. The second kappa shape index (κ2) is 21.1. The van der Waals surface area contributed by atoms with Gasteiger partial charge in [-0.25, -0.2) is 14.8 Å². The van der Waals surface area contributed by atoms with E-state index >= 15 is 0 Å². The number of ether oxygens (including phenoxy) is 1. The highest BCUT2D eigenvalue weighted by Crippen LogP contribution is 2.33. The predicted molar refractivity (Wildman–Crippen MR) is 188 cm³/mol. The highest BCUT2D eigenvalue weighted by atomic mass is 32.1. The van der Waals surface area contributed by atoms with Gasteiger partial charge in [0, 0.05) is 24.7 Å². The van der Waals surface area contributed by atoms with Crippen molar-refractivity contribution in [2.24, 2.45) is 11.5 Å². The number of benzene rings is 2. The molecule has 4 aromatic rings. The number of nitrogens with two attached hydrogens (primary N) is 2. The smallest absolute Gasteiger partial charge is 0.312 e. The lowest BCUT2D eigenvalue weighted by Crippen LogP contribution is -2.46. The second-order valence-corrected chi connectivity index (χ2v) is 11.4. The van der Waals surface area contributed by atoms with Gasteiger partial charge in [0.05, 0.1) is 21.8 Å². The molecule has 0 bridgehead atoms. The summed E-state index contributed by atoms with van der Waals surface area (Å²) in [6.45, 7) is 6.96. The van der Waals surface area contributed by atoms with Crippen molar-refractivity contribution in [2.75, 3.05) is 30.8 Å². The van der Waals surface area contributed by atoms with Crippen LogP contribution in [-0.4, -0.2) is 60.5 Å². The molecular weight excluding hydrogens is 620 g/mol. The minimum Gasteiger partial charge on any atom is -0.463 e. The number of para-hydroxylation sites is 1. The van der Waals surface area contributed by atoms with Crippen LogP contribution in [0.5, 0.6) is 0 Å². The first-order chi connectivity index (χ1) is 22.7. The average Bonchev–Trinajstić information content (AvgIpc) is 3.50. The van der Waals surface area contributed by atoms with E-state index in [4.69, 9.17) is 16.5 Å². The van der Waals surface area contributed by atoms with E-state index in [9.17, 15) is 19.2 Å². The number of primary amides is 1. The Kier molecular flexibility index (Phi) is 17.2. The van der Waals surface area contributed by atoms with Crippen LogP contribution in [0, 0.1) is 0 Å². The summed E-state index contributed by atoms with van der Waals surface area (Å²) in [5.74, 6) is -0.000519. The van der Waals surface area contributed by atoms with Crippen molar-refractivity contribution < 1.29 is 23.9 Å². The number of urea groups is 1. The van der Waals surface area contributed by atoms with Gasteiger partial charge in [-0.1, -0.05) is 57.5 Å². The zero-order chi connectivity index (χ0) is 34.6. The Balaban J connectivity index is 0.000000316. The first kappa shape index (κ1) is 38.4. The summed E-state index contributed by atoms with van der Waals surface area (Å²) >= 11 is 1.79. The Morgan fingerprint density at radius 2 is 1.74 bits per heavy atom. The maximum atomic E-state index is 12.4. The zero-order valence-electron chi connectivity index (χ0n) is 27.4. The molecule has 4 rings (SSSR count). The molecule has 4 amide bonds. The van der Waals surface area contributed by atoms with Gasteiger partial charge in [0.1, 0.15) is 18.2 Å². The van der Waals surface area contributed by atoms with Gasteiger partial charge in [-0.3, -0.25) is 14.4 Å². The number of fused-ring (bicyclic) bond motifs is 3. The van der Waals surface area contributed by atoms with Crippen molar-refractivity contribution in [3.63, 3.8) is 0 Å². The molecule has 13 nitrogen and oxygen atoms in total. The summed E-state index contributed by atoms with van der Waals surface area (Å²) in [6.07, 6.45) is 4.15. The summed E-state index contributed by atoms with van der Waals surface area (Å²) in [5, 5.41) is 13.2. The molecule has 2 aromatic heterocycles. The van der Waals surface area contributed by atoms with Gasteiger partial charge < -0.3 is 37.5 Å². The number of nitrogens with zero attached hydrogens (tertiary/aromatic N) is 2. The number of amides is 4. The van der Waals surface area contributed by atoms with Crippen LogP contribution in [0.2, 0.25) is 0 Å². The van der Waals surface area contributed by atoms with Gasteiger partial charge in [-0.2, -0.15) is 0 Å². The third-order valence-electron chi connectivity index (χ3n) is 6.32. The van der Waals surface area contributed by atoms with E-state index in [1.165, 1.54) is 21.5 Å². The summed E-state index contributed by atoms with van der Waals surface area (Å²) in [4.78, 5) is 54.1. The Hall–Kier alpha value is -4.82. The van der Waals surface area contributed by atoms with Gasteiger partial charge in [-0.05, 0) is 49.4 Å². The zero-order valence-corrected chi connectivity index (χ0v) is 28.2. The third-order valence-corrected chi connectivity index (χ3v) is 7.47. The summed E-state index contributed by atoms with van der Waals surface area (Å²) in [6, 6.07) is 13.5. The van der Waals surface area contributed by atoms with E-state index in [0.717, 1.165) is 35.3 Å². The standard InChI is InChI=1S/C16H23N5O5.C14H15N3S.C3H8/c17-8-14(23)21-13(2-1-7-19-16(18)25)15(24)20-12-5-3-11(4-6-12)9-26-10-22;1-3-6-11-17-12-13(18-11)9-7-4-5-8-10(9)16-14(12)15-2;1-3-2/h3-6,10,13H,1-2,7-9,17H2,(H,20,24)(H,21,23)(H3,18,19,25);4-5,7-8H,3,6H2,1-2H3,(H,15,16);3H2,1-2H3. The minimum atomic E-state index is -0.807. The molecule has 8 N–H and O–H groups in total. The molecule has 47 heavy (non-hydrogen) atoms. The van der Waals surface area contributed by atoms with Gasteiger partial charge in [0.15, 0.2) is 5.82 Å². The molecule has 254 valence electrons. The number of hydrogen-bond donors (Lipinski definition) is 6. The largest absolute Gasteiger partial charge is 0.463 e. The number of hydrogen-bond acceptors (Lipinski definition) is 10. The number of thiazole rings is 1. The van der Waals surface area contributed by atoms with Crippen molar-refractivity contribution in [2.45, 2.75) is 65.5 Å². The maximum Gasteiger partial charge on any atom is 0.312 e. The van der Waals surface area contributed by atoms with Crippen molar-refractivity contribution >= 4 is 68.3 Å². The van der Waals surface area contributed by atoms with E-state index in [0.29, 0.717) is 25.0 Å². The van der Waals surface area contributed by atoms with Crippen LogP contribution < -0.4 is 32.7 Å². The molecule has 0 fully saturated rings. The van der Waals surface area contributed by atoms with Crippen LogP contribution in [0.1, 0.15) is 57.0 Å². The van der Waals surface area contributed by atoms with E-state index in [1.807, 2.05) is 13.1 Å². The quantitative estimate of drug-likeness (QED) is 0.0830. The third kappa shape index (κ3) is 12.8. The molecule has 2 aromatic carbocycles. The molecule has 2 heterocycles. The van der Waals surface area contributed by atoms with E-state index < -0.39 is 23.9 Å². The Labute approximate surface area is 279 Å². The Bertz CT molecular complexity index is 1580. The molecule has 0 saturated heterocycles. The molecule has 0 radical (unpaired) electrons. The first-order valence-corrected chi connectivity index (χ1v) is 16.4. The lowest BCUT2D eigenvalue weighted by Gasteiger charge is -2.18. The average molecular weight is 667 g/mol. The number of carbonyl (C=O) groups is 4. The van der Waals surface area contributed by atoms with E-state index in [2.05, 4.69) is 70.0 Å². The summed E-state index contributed by atoms with van der Waals surface area (Å²) in [7, 11) is 1.90. The van der Waals surface area contributed by atoms with Crippen molar-refractivity contribution in [3.8, 4) is 0 Å².